The largest absolute Gasteiger partial charge is 0.490 e. The van der Waals surface area contributed by atoms with Gasteiger partial charge in [-0.15, -0.1) is 11.3 Å². The van der Waals surface area contributed by atoms with Crippen LogP contribution in [0, 0.1) is 0 Å². The number of nitrogens with one attached hydrogen (secondary N) is 2. The Hall–Kier alpha value is -3.11. The zero-order valence-electron chi connectivity index (χ0n) is 18.8. The van der Waals surface area contributed by atoms with E-state index in [9.17, 15) is 13.2 Å². The first-order valence-corrected chi connectivity index (χ1v) is 13.3. The molecule has 33 heavy (non-hydrogen) atoms. The molecule has 0 aliphatic carbocycles. The SMILES string of the molecule is CCCCOc1ccc(C(=O)Nc2nc(-c3ccc(NS(C)(=O)=O)cc3)cs2)cc1OCC. The van der Waals surface area contributed by atoms with Gasteiger partial charge in [-0.25, -0.2) is 13.4 Å². The minimum absolute atomic E-state index is 0.301. The third kappa shape index (κ3) is 7.19. The summed E-state index contributed by atoms with van der Waals surface area (Å²) in [5.74, 6) is 0.848. The summed E-state index contributed by atoms with van der Waals surface area (Å²) < 4.78 is 36.5. The molecule has 0 aliphatic heterocycles. The first-order valence-electron chi connectivity index (χ1n) is 10.5. The summed E-state index contributed by atoms with van der Waals surface area (Å²) in [5.41, 5.74) is 2.39. The van der Waals surface area contributed by atoms with Gasteiger partial charge < -0.3 is 9.47 Å². The normalized spacial score (nSPS) is 11.1. The third-order valence-corrected chi connectivity index (χ3v) is 5.83. The van der Waals surface area contributed by atoms with Crippen molar-refractivity contribution in [3.63, 3.8) is 0 Å². The second-order valence-corrected chi connectivity index (χ2v) is 9.85. The Bertz CT molecular complexity index is 1190. The topological polar surface area (TPSA) is 107 Å². The van der Waals surface area contributed by atoms with E-state index in [2.05, 4.69) is 21.9 Å². The Balaban J connectivity index is 1.69. The van der Waals surface area contributed by atoms with E-state index in [0.29, 0.717) is 46.8 Å². The molecule has 1 aromatic heterocycles. The number of ether oxygens (including phenoxy) is 2. The van der Waals surface area contributed by atoms with Crippen molar-refractivity contribution < 1.29 is 22.7 Å². The number of hydrogen-bond donors (Lipinski definition) is 2. The van der Waals surface area contributed by atoms with Crippen LogP contribution in [0.3, 0.4) is 0 Å². The molecular weight excluding hydrogens is 462 g/mol. The van der Waals surface area contributed by atoms with Crippen molar-refractivity contribution >= 4 is 38.1 Å². The highest BCUT2D eigenvalue weighted by molar-refractivity contribution is 7.92. The van der Waals surface area contributed by atoms with Gasteiger partial charge in [-0.05, 0) is 43.7 Å². The van der Waals surface area contributed by atoms with Crippen LogP contribution in [0.1, 0.15) is 37.0 Å². The van der Waals surface area contributed by atoms with Gasteiger partial charge in [-0.1, -0.05) is 25.5 Å². The minimum atomic E-state index is -3.33. The molecule has 0 atom stereocenters. The van der Waals surface area contributed by atoms with Crippen LogP contribution >= 0.6 is 11.3 Å². The standard InChI is InChI=1S/C23H27N3O5S2/c1-4-6-13-31-20-12-9-17(14-21(20)30-5-2)22(27)25-23-24-19(15-32-23)16-7-10-18(11-8-16)26-33(3,28)29/h7-12,14-15,26H,4-6,13H2,1-3H3,(H,24,25,27). The fraction of sp³-hybridized carbons (Fsp3) is 0.304. The van der Waals surface area contributed by atoms with Gasteiger partial charge in [0.1, 0.15) is 0 Å². The molecule has 2 aromatic carbocycles. The highest BCUT2D eigenvalue weighted by Crippen LogP contribution is 2.30. The maximum atomic E-state index is 12.8. The van der Waals surface area contributed by atoms with E-state index in [1.807, 2.05) is 12.3 Å². The summed E-state index contributed by atoms with van der Waals surface area (Å²) in [4.78, 5) is 17.2. The smallest absolute Gasteiger partial charge is 0.257 e. The van der Waals surface area contributed by atoms with Gasteiger partial charge >= 0.3 is 0 Å². The van der Waals surface area contributed by atoms with Crippen molar-refractivity contribution in [2.24, 2.45) is 0 Å². The molecule has 0 radical (unpaired) electrons. The molecule has 0 saturated heterocycles. The molecule has 3 rings (SSSR count). The summed E-state index contributed by atoms with van der Waals surface area (Å²) in [6.07, 6.45) is 3.07. The molecule has 2 N–H and O–H groups in total. The maximum absolute atomic E-state index is 12.8. The van der Waals surface area contributed by atoms with Crippen LogP contribution in [-0.2, 0) is 10.0 Å². The molecule has 0 fully saturated rings. The second-order valence-electron chi connectivity index (χ2n) is 7.24. The summed E-state index contributed by atoms with van der Waals surface area (Å²) in [7, 11) is -3.33. The van der Waals surface area contributed by atoms with E-state index in [4.69, 9.17) is 9.47 Å². The van der Waals surface area contributed by atoms with E-state index in [-0.39, 0.29) is 5.91 Å². The van der Waals surface area contributed by atoms with Gasteiger partial charge in [0.2, 0.25) is 10.0 Å². The van der Waals surface area contributed by atoms with Gasteiger partial charge in [0.05, 0.1) is 25.2 Å². The first-order chi connectivity index (χ1) is 15.8. The van der Waals surface area contributed by atoms with Crippen molar-refractivity contribution in [3.8, 4) is 22.8 Å². The van der Waals surface area contributed by atoms with Crippen molar-refractivity contribution in [2.75, 3.05) is 29.5 Å². The van der Waals surface area contributed by atoms with Crippen LogP contribution in [0.4, 0.5) is 10.8 Å². The number of thiazole rings is 1. The van der Waals surface area contributed by atoms with Crippen LogP contribution in [0.2, 0.25) is 0 Å². The zero-order valence-corrected chi connectivity index (χ0v) is 20.4. The number of carbonyl (C=O) groups excluding carboxylic acids is 1. The predicted molar refractivity (Wildman–Crippen MR) is 132 cm³/mol. The summed E-state index contributed by atoms with van der Waals surface area (Å²) >= 11 is 1.30. The number of aromatic nitrogens is 1. The predicted octanol–water partition coefficient (Wildman–Crippen LogP) is 5.01. The highest BCUT2D eigenvalue weighted by Gasteiger charge is 2.14. The van der Waals surface area contributed by atoms with Gasteiger partial charge in [0.15, 0.2) is 16.6 Å². The first kappa shape index (κ1) is 24.5. The molecule has 0 aliphatic rings. The number of rotatable bonds is 11. The number of amides is 1. The van der Waals surface area contributed by atoms with Gasteiger partial charge in [0.25, 0.3) is 5.91 Å². The van der Waals surface area contributed by atoms with E-state index in [0.717, 1.165) is 24.7 Å². The Kier molecular flexibility index (Phi) is 8.29. The average molecular weight is 490 g/mol. The van der Waals surface area contributed by atoms with Crippen LogP contribution in [-0.4, -0.2) is 38.8 Å². The second kappa shape index (κ2) is 11.2. The van der Waals surface area contributed by atoms with E-state index < -0.39 is 10.0 Å². The Morgan fingerprint density at radius 1 is 1.06 bits per heavy atom. The van der Waals surface area contributed by atoms with E-state index >= 15 is 0 Å². The Morgan fingerprint density at radius 2 is 1.82 bits per heavy atom. The van der Waals surface area contributed by atoms with Crippen LogP contribution < -0.4 is 19.5 Å². The lowest BCUT2D eigenvalue weighted by Gasteiger charge is -2.13. The van der Waals surface area contributed by atoms with Crippen LogP contribution in [0.15, 0.2) is 47.8 Å². The minimum Gasteiger partial charge on any atom is -0.490 e. The number of hydrogen-bond acceptors (Lipinski definition) is 7. The molecule has 10 heteroatoms. The monoisotopic (exact) mass is 489 g/mol. The molecule has 176 valence electrons. The summed E-state index contributed by atoms with van der Waals surface area (Å²) in [5, 5.41) is 5.09. The molecule has 1 heterocycles. The lowest BCUT2D eigenvalue weighted by molar-refractivity contribution is 0.102. The van der Waals surface area contributed by atoms with E-state index in [1.54, 1.807) is 42.5 Å². The van der Waals surface area contributed by atoms with Crippen molar-refractivity contribution in [2.45, 2.75) is 26.7 Å². The number of anilines is 2. The molecule has 0 unspecified atom stereocenters. The summed E-state index contributed by atoms with van der Waals surface area (Å²) in [6.45, 7) is 5.03. The highest BCUT2D eigenvalue weighted by atomic mass is 32.2. The van der Waals surface area contributed by atoms with Gasteiger partial charge in [0, 0.05) is 22.2 Å². The molecule has 0 saturated carbocycles. The maximum Gasteiger partial charge on any atom is 0.257 e. The van der Waals surface area contributed by atoms with Crippen molar-refractivity contribution in [3.05, 3.63) is 53.4 Å². The fourth-order valence-electron chi connectivity index (χ4n) is 2.92. The van der Waals surface area contributed by atoms with Crippen LogP contribution in [0.5, 0.6) is 11.5 Å². The quantitative estimate of drug-likeness (QED) is 0.367. The number of benzene rings is 2. The number of sulfonamides is 1. The molecule has 3 aromatic rings. The molecule has 8 nitrogen and oxygen atoms in total. The molecular formula is C23H27N3O5S2. The fourth-order valence-corrected chi connectivity index (χ4v) is 4.20. The van der Waals surface area contributed by atoms with Gasteiger partial charge in [-0.3, -0.25) is 14.8 Å². The Labute approximate surface area is 198 Å². The number of nitrogens with zero attached hydrogens (tertiary/aromatic N) is 1. The number of unbranched alkanes of at least 4 members (excludes halogenated alkanes) is 1. The molecule has 1 amide bonds. The third-order valence-electron chi connectivity index (χ3n) is 4.47. The lowest BCUT2D eigenvalue weighted by Crippen LogP contribution is -2.12. The zero-order chi connectivity index (χ0) is 23.8. The van der Waals surface area contributed by atoms with Gasteiger partial charge in [-0.2, -0.15) is 0 Å². The Morgan fingerprint density at radius 3 is 2.48 bits per heavy atom. The summed E-state index contributed by atoms with van der Waals surface area (Å²) in [6, 6.07) is 12.0. The average Bonchev–Trinajstić information content (AvgIpc) is 3.23. The van der Waals surface area contributed by atoms with Crippen molar-refractivity contribution in [1.29, 1.82) is 0 Å². The molecule has 0 bridgehead atoms. The van der Waals surface area contributed by atoms with Crippen molar-refractivity contribution in [1.82, 2.24) is 4.98 Å². The van der Waals surface area contributed by atoms with E-state index in [1.165, 1.54) is 11.3 Å². The van der Waals surface area contributed by atoms with Crippen LogP contribution in [0.25, 0.3) is 11.3 Å². The number of carbonyl (C=O) groups is 1. The molecule has 0 spiro atoms. The lowest BCUT2D eigenvalue weighted by atomic mass is 10.1.